The van der Waals surface area contributed by atoms with Crippen molar-refractivity contribution < 1.29 is 5.11 Å². The second kappa shape index (κ2) is 8.35. The second-order valence-electron chi connectivity index (χ2n) is 6.02. The minimum absolute atomic E-state index is 0.290. The smallest absolute Gasteiger partial charge is 0.131 e. The Bertz CT molecular complexity index is 436. The van der Waals surface area contributed by atoms with E-state index in [2.05, 4.69) is 30.1 Å². The fourth-order valence-corrected chi connectivity index (χ4v) is 3.17. The number of aryl methyl sites for hydroxylation is 1. The van der Waals surface area contributed by atoms with Gasteiger partial charge in [-0.3, -0.25) is 0 Å². The highest BCUT2D eigenvalue weighted by Gasteiger charge is 2.26. The molecule has 21 heavy (non-hydrogen) atoms. The lowest BCUT2D eigenvalue weighted by Crippen LogP contribution is -2.31. The van der Waals surface area contributed by atoms with Crippen molar-refractivity contribution in [3.63, 3.8) is 0 Å². The van der Waals surface area contributed by atoms with E-state index in [9.17, 15) is 0 Å². The van der Waals surface area contributed by atoms with Crippen molar-refractivity contribution in [3.05, 3.63) is 23.4 Å². The Labute approximate surface area is 128 Å². The van der Waals surface area contributed by atoms with Gasteiger partial charge >= 0.3 is 0 Å². The molecule has 0 bridgehead atoms. The number of pyridine rings is 1. The van der Waals surface area contributed by atoms with Crippen LogP contribution in [0.25, 0.3) is 0 Å². The molecule has 0 amide bonds. The van der Waals surface area contributed by atoms with Gasteiger partial charge in [-0.25, -0.2) is 4.98 Å². The summed E-state index contributed by atoms with van der Waals surface area (Å²) in [5.41, 5.74) is 2.53. The Morgan fingerprint density at radius 1 is 1.48 bits per heavy atom. The maximum absolute atomic E-state index is 9.04. The van der Waals surface area contributed by atoms with Crippen molar-refractivity contribution >= 4 is 5.82 Å². The molecule has 2 heterocycles. The number of nitrogens with one attached hydrogen (secondary N) is 1. The largest absolute Gasteiger partial charge is 0.396 e. The minimum Gasteiger partial charge on any atom is -0.396 e. The first kappa shape index (κ1) is 16.2. The Morgan fingerprint density at radius 2 is 2.33 bits per heavy atom. The zero-order valence-corrected chi connectivity index (χ0v) is 13.4. The van der Waals surface area contributed by atoms with Crippen LogP contribution >= 0.6 is 0 Å². The SMILES string of the molecule is CCCNCc1cnc(N2CCCC2CCCO)c(C)c1. The van der Waals surface area contributed by atoms with Gasteiger partial charge in [0, 0.05) is 31.9 Å². The van der Waals surface area contributed by atoms with Crippen LogP contribution in [0.5, 0.6) is 0 Å². The van der Waals surface area contributed by atoms with Gasteiger partial charge in [-0.2, -0.15) is 0 Å². The topological polar surface area (TPSA) is 48.4 Å². The third-order valence-corrected chi connectivity index (χ3v) is 4.21. The lowest BCUT2D eigenvalue weighted by molar-refractivity contribution is 0.279. The highest BCUT2D eigenvalue weighted by molar-refractivity contribution is 5.49. The molecule has 0 aliphatic carbocycles. The Balaban J connectivity index is 2.02. The normalized spacial score (nSPS) is 18.4. The summed E-state index contributed by atoms with van der Waals surface area (Å²) in [5, 5.41) is 12.5. The van der Waals surface area contributed by atoms with Crippen LogP contribution < -0.4 is 10.2 Å². The Kier molecular flexibility index (Phi) is 6.46. The molecule has 0 radical (unpaired) electrons. The van der Waals surface area contributed by atoms with Gasteiger partial charge < -0.3 is 15.3 Å². The standard InChI is InChI=1S/C17H29N3O/c1-3-8-18-12-15-11-14(2)17(19-13-15)20-9-4-6-16(20)7-5-10-21/h11,13,16,18,21H,3-10,12H2,1-2H3. The van der Waals surface area contributed by atoms with Crippen LogP contribution in [0.2, 0.25) is 0 Å². The van der Waals surface area contributed by atoms with E-state index in [4.69, 9.17) is 10.1 Å². The number of aromatic nitrogens is 1. The summed E-state index contributed by atoms with van der Waals surface area (Å²) in [7, 11) is 0. The lowest BCUT2D eigenvalue weighted by atomic mass is 10.1. The van der Waals surface area contributed by atoms with Gasteiger partial charge in [0.1, 0.15) is 5.82 Å². The molecule has 1 aromatic heterocycles. The molecule has 1 aliphatic rings. The van der Waals surface area contributed by atoms with Crippen molar-refractivity contribution in [1.29, 1.82) is 0 Å². The molecule has 118 valence electrons. The van der Waals surface area contributed by atoms with Crippen LogP contribution in [-0.4, -0.2) is 35.8 Å². The van der Waals surface area contributed by atoms with E-state index in [1.54, 1.807) is 0 Å². The maximum Gasteiger partial charge on any atom is 0.131 e. The summed E-state index contributed by atoms with van der Waals surface area (Å²) in [6, 6.07) is 2.80. The summed E-state index contributed by atoms with van der Waals surface area (Å²) in [6.45, 7) is 7.68. The van der Waals surface area contributed by atoms with E-state index in [1.165, 1.54) is 24.0 Å². The average molecular weight is 291 g/mol. The second-order valence-corrected chi connectivity index (χ2v) is 6.02. The third-order valence-electron chi connectivity index (χ3n) is 4.21. The monoisotopic (exact) mass is 291 g/mol. The van der Waals surface area contributed by atoms with E-state index in [0.29, 0.717) is 12.6 Å². The highest BCUT2D eigenvalue weighted by atomic mass is 16.2. The Morgan fingerprint density at radius 3 is 3.05 bits per heavy atom. The summed E-state index contributed by atoms with van der Waals surface area (Å²) < 4.78 is 0. The van der Waals surface area contributed by atoms with Gasteiger partial charge in [-0.15, -0.1) is 0 Å². The quantitative estimate of drug-likeness (QED) is 0.723. The van der Waals surface area contributed by atoms with Crippen LogP contribution in [0.4, 0.5) is 5.82 Å². The molecule has 2 N–H and O–H groups in total. The van der Waals surface area contributed by atoms with E-state index in [1.807, 2.05) is 6.20 Å². The molecular formula is C17H29N3O. The average Bonchev–Trinajstić information content (AvgIpc) is 2.94. The molecule has 4 nitrogen and oxygen atoms in total. The zero-order valence-electron chi connectivity index (χ0n) is 13.4. The molecule has 1 fully saturated rings. The lowest BCUT2D eigenvalue weighted by Gasteiger charge is -2.27. The summed E-state index contributed by atoms with van der Waals surface area (Å²) in [5.74, 6) is 1.13. The predicted molar refractivity (Wildman–Crippen MR) is 87.7 cm³/mol. The number of hydrogen-bond donors (Lipinski definition) is 2. The molecule has 4 heteroatoms. The molecular weight excluding hydrogens is 262 g/mol. The van der Waals surface area contributed by atoms with Crippen LogP contribution in [0, 0.1) is 6.92 Å². The number of aliphatic hydroxyl groups is 1. The minimum atomic E-state index is 0.290. The van der Waals surface area contributed by atoms with Gasteiger partial charge in [-0.05, 0) is 62.8 Å². The number of nitrogens with zero attached hydrogens (tertiary/aromatic N) is 2. The molecule has 1 saturated heterocycles. The zero-order chi connectivity index (χ0) is 15.1. The van der Waals surface area contributed by atoms with Gasteiger partial charge in [0.05, 0.1) is 0 Å². The molecule has 2 rings (SSSR count). The van der Waals surface area contributed by atoms with Gasteiger partial charge in [0.2, 0.25) is 0 Å². The fraction of sp³-hybridized carbons (Fsp3) is 0.706. The van der Waals surface area contributed by atoms with Crippen LogP contribution in [0.15, 0.2) is 12.3 Å². The number of hydrogen-bond acceptors (Lipinski definition) is 4. The van der Waals surface area contributed by atoms with Crippen molar-refractivity contribution in [2.45, 2.75) is 58.5 Å². The molecule has 0 saturated carbocycles. The van der Waals surface area contributed by atoms with E-state index < -0.39 is 0 Å². The molecule has 0 aromatic carbocycles. The van der Waals surface area contributed by atoms with Crippen LogP contribution in [-0.2, 0) is 6.54 Å². The number of aliphatic hydroxyl groups excluding tert-OH is 1. The first-order valence-electron chi connectivity index (χ1n) is 8.30. The van der Waals surface area contributed by atoms with Crippen LogP contribution in [0.3, 0.4) is 0 Å². The molecule has 1 atom stereocenters. The molecule has 1 aromatic rings. The third kappa shape index (κ3) is 4.42. The fourth-order valence-electron chi connectivity index (χ4n) is 3.17. The first-order chi connectivity index (χ1) is 10.3. The van der Waals surface area contributed by atoms with Crippen molar-refractivity contribution in [2.24, 2.45) is 0 Å². The van der Waals surface area contributed by atoms with Gasteiger partial charge in [-0.1, -0.05) is 6.92 Å². The van der Waals surface area contributed by atoms with Crippen molar-refractivity contribution in [1.82, 2.24) is 10.3 Å². The highest BCUT2D eigenvalue weighted by Crippen LogP contribution is 2.29. The van der Waals surface area contributed by atoms with Crippen LogP contribution in [0.1, 0.15) is 50.2 Å². The number of rotatable bonds is 8. The van der Waals surface area contributed by atoms with E-state index in [0.717, 1.165) is 44.7 Å². The summed E-state index contributed by atoms with van der Waals surface area (Å²) in [6.07, 6.45) is 7.58. The maximum atomic E-state index is 9.04. The van der Waals surface area contributed by atoms with Gasteiger partial charge in [0.25, 0.3) is 0 Å². The summed E-state index contributed by atoms with van der Waals surface area (Å²) in [4.78, 5) is 7.16. The predicted octanol–water partition coefficient (Wildman–Crippen LogP) is 2.63. The Hall–Kier alpha value is -1.13. The molecule has 0 spiro atoms. The first-order valence-corrected chi connectivity index (χ1v) is 8.30. The summed E-state index contributed by atoms with van der Waals surface area (Å²) >= 11 is 0. The van der Waals surface area contributed by atoms with E-state index >= 15 is 0 Å². The molecule has 1 unspecified atom stereocenters. The van der Waals surface area contributed by atoms with Crippen molar-refractivity contribution in [2.75, 3.05) is 24.6 Å². The molecule has 1 aliphatic heterocycles. The number of anilines is 1. The van der Waals surface area contributed by atoms with Crippen molar-refractivity contribution in [3.8, 4) is 0 Å². The van der Waals surface area contributed by atoms with E-state index in [-0.39, 0.29) is 0 Å². The van der Waals surface area contributed by atoms with Gasteiger partial charge in [0.15, 0.2) is 0 Å².